The minimum atomic E-state index is -0.559. The average molecular weight is 283 g/mol. The van der Waals surface area contributed by atoms with Crippen molar-refractivity contribution in [1.29, 1.82) is 0 Å². The zero-order chi connectivity index (χ0) is 15.1. The molecule has 0 amide bonds. The average Bonchev–Trinajstić information content (AvgIpc) is 2.49. The van der Waals surface area contributed by atoms with Crippen LogP contribution in [0.4, 0.5) is 5.69 Å². The molecule has 106 valence electrons. The van der Waals surface area contributed by atoms with Gasteiger partial charge in [0.2, 0.25) is 0 Å². The van der Waals surface area contributed by atoms with Crippen LogP contribution in [0.2, 0.25) is 0 Å². The molecule has 0 aromatic heterocycles. The van der Waals surface area contributed by atoms with E-state index in [-0.39, 0.29) is 28.2 Å². The van der Waals surface area contributed by atoms with Crippen LogP contribution in [-0.4, -0.2) is 28.3 Å². The minimum Gasteiger partial charge on any atom is -0.504 e. The first-order valence-electron chi connectivity index (χ1n) is 6.57. The Hall–Kier alpha value is -2.82. The Morgan fingerprint density at radius 1 is 0.952 bits per heavy atom. The minimum absolute atomic E-state index is 0.102. The van der Waals surface area contributed by atoms with Crippen LogP contribution in [0, 0.1) is 0 Å². The van der Waals surface area contributed by atoms with Gasteiger partial charge in [-0.1, -0.05) is 24.3 Å². The second kappa shape index (κ2) is 4.63. The molecule has 1 aliphatic carbocycles. The van der Waals surface area contributed by atoms with Crippen molar-refractivity contribution in [1.82, 2.24) is 0 Å². The fourth-order valence-corrected chi connectivity index (χ4v) is 2.55. The summed E-state index contributed by atoms with van der Waals surface area (Å²) in [5.41, 5.74) is 0.737. The molecule has 3 rings (SSSR count). The maximum Gasteiger partial charge on any atom is 0.198 e. The molecule has 0 saturated carbocycles. The van der Waals surface area contributed by atoms with Crippen molar-refractivity contribution in [2.75, 3.05) is 11.9 Å². The second-order valence-corrected chi connectivity index (χ2v) is 4.78. The van der Waals surface area contributed by atoms with E-state index in [1.54, 1.807) is 18.2 Å². The van der Waals surface area contributed by atoms with Gasteiger partial charge in [0.1, 0.15) is 0 Å². The van der Waals surface area contributed by atoms with Crippen molar-refractivity contribution in [2.24, 2.45) is 0 Å². The number of ketones is 2. The highest BCUT2D eigenvalue weighted by Crippen LogP contribution is 2.42. The van der Waals surface area contributed by atoms with Crippen molar-refractivity contribution < 1.29 is 19.8 Å². The predicted octanol–water partition coefficient (Wildman–Crippen LogP) is 2.30. The molecule has 0 spiro atoms. The number of hydrogen-bond donors (Lipinski definition) is 3. The van der Waals surface area contributed by atoms with Crippen molar-refractivity contribution in [3.05, 3.63) is 52.6 Å². The number of phenolic OH excluding ortho intramolecular Hbond substituents is 2. The number of carbonyl (C=O) groups is 2. The third-order valence-corrected chi connectivity index (χ3v) is 3.53. The van der Waals surface area contributed by atoms with Crippen LogP contribution in [0.3, 0.4) is 0 Å². The van der Waals surface area contributed by atoms with E-state index >= 15 is 0 Å². The largest absolute Gasteiger partial charge is 0.504 e. The maximum atomic E-state index is 12.5. The molecular formula is C16H13NO4. The third-order valence-electron chi connectivity index (χ3n) is 3.53. The first-order valence-corrected chi connectivity index (χ1v) is 6.57. The Bertz CT molecular complexity index is 780. The van der Waals surface area contributed by atoms with Gasteiger partial charge in [-0.15, -0.1) is 0 Å². The van der Waals surface area contributed by atoms with E-state index in [1.165, 1.54) is 12.1 Å². The number of benzene rings is 2. The van der Waals surface area contributed by atoms with E-state index in [4.69, 9.17) is 0 Å². The van der Waals surface area contributed by atoms with E-state index in [0.717, 1.165) is 0 Å². The Kier molecular flexibility index (Phi) is 2.90. The van der Waals surface area contributed by atoms with Crippen LogP contribution in [-0.2, 0) is 0 Å². The van der Waals surface area contributed by atoms with Gasteiger partial charge in [-0.25, -0.2) is 0 Å². The molecule has 5 nitrogen and oxygen atoms in total. The molecule has 0 atom stereocenters. The summed E-state index contributed by atoms with van der Waals surface area (Å²) >= 11 is 0. The van der Waals surface area contributed by atoms with Gasteiger partial charge in [0.25, 0.3) is 0 Å². The van der Waals surface area contributed by atoms with Crippen molar-refractivity contribution in [2.45, 2.75) is 6.92 Å². The highest BCUT2D eigenvalue weighted by Gasteiger charge is 2.34. The first kappa shape index (κ1) is 13.2. The predicted molar refractivity (Wildman–Crippen MR) is 77.2 cm³/mol. The lowest BCUT2D eigenvalue weighted by molar-refractivity contribution is 0.0976. The molecule has 0 radical (unpaired) electrons. The topological polar surface area (TPSA) is 86.6 Å². The Morgan fingerprint density at radius 3 is 2.19 bits per heavy atom. The number of aromatic hydroxyl groups is 2. The van der Waals surface area contributed by atoms with Gasteiger partial charge in [0, 0.05) is 23.2 Å². The Labute approximate surface area is 120 Å². The summed E-state index contributed by atoms with van der Waals surface area (Å²) in [5, 5.41) is 22.9. The van der Waals surface area contributed by atoms with E-state index in [9.17, 15) is 19.8 Å². The van der Waals surface area contributed by atoms with Crippen LogP contribution in [0.5, 0.6) is 11.5 Å². The summed E-state index contributed by atoms with van der Waals surface area (Å²) in [5.74, 6) is -1.78. The summed E-state index contributed by atoms with van der Waals surface area (Å²) in [7, 11) is 0. The molecule has 2 aromatic carbocycles. The standard InChI is InChI=1S/C16H13NO4/c1-2-17-11-7-10-12(16(21)15(11)20)14(19)9-6-4-3-5-8(9)13(10)18/h3-7,17,20-21H,2H2,1H3. The molecule has 21 heavy (non-hydrogen) atoms. The molecule has 3 N–H and O–H groups in total. The number of rotatable bonds is 2. The smallest absolute Gasteiger partial charge is 0.198 e. The zero-order valence-corrected chi connectivity index (χ0v) is 11.3. The Balaban J connectivity index is 2.30. The maximum absolute atomic E-state index is 12.5. The van der Waals surface area contributed by atoms with Gasteiger partial charge in [-0.3, -0.25) is 9.59 Å². The molecule has 0 bridgehead atoms. The van der Waals surface area contributed by atoms with Gasteiger partial charge in [-0.2, -0.15) is 0 Å². The number of fused-ring (bicyclic) bond motifs is 2. The van der Waals surface area contributed by atoms with Crippen LogP contribution in [0.25, 0.3) is 0 Å². The van der Waals surface area contributed by atoms with Crippen molar-refractivity contribution >= 4 is 17.3 Å². The van der Waals surface area contributed by atoms with Gasteiger partial charge in [-0.05, 0) is 13.0 Å². The fourth-order valence-electron chi connectivity index (χ4n) is 2.55. The quantitative estimate of drug-likeness (QED) is 0.628. The van der Waals surface area contributed by atoms with Gasteiger partial charge in [0.05, 0.1) is 11.3 Å². The molecule has 0 unspecified atom stereocenters. The molecule has 5 heteroatoms. The fraction of sp³-hybridized carbons (Fsp3) is 0.125. The van der Waals surface area contributed by atoms with Crippen molar-refractivity contribution in [3.8, 4) is 11.5 Å². The van der Waals surface area contributed by atoms with Crippen LogP contribution in [0.1, 0.15) is 38.8 Å². The summed E-state index contributed by atoms with van der Waals surface area (Å²) in [6.45, 7) is 2.32. The number of hydrogen-bond acceptors (Lipinski definition) is 5. The van der Waals surface area contributed by atoms with Crippen LogP contribution in [0.15, 0.2) is 30.3 Å². The summed E-state index contributed by atoms with van der Waals surface area (Å²) in [6, 6.07) is 7.85. The lowest BCUT2D eigenvalue weighted by Crippen LogP contribution is -2.21. The summed E-state index contributed by atoms with van der Waals surface area (Å²) < 4.78 is 0. The number of carbonyl (C=O) groups excluding carboxylic acids is 2. The highest BCUT2D eigenvalue weighted by atomic mass is 16.3. The Morgan fingerprint density at radius 2 is 1.57 bits per heavy atom. The normalized spacial score (nSPS) is 12.8. The molecule has 1 aliphatic rings. The molecule has 2 aromatic rings. The van der Waals surface area contributed by atoms with E-state index < -0.39 is 17.3 Å². The zero-order valence-electron chi connectivity index (χ0n) is 11.3. The van der Waals surface area contributed by atoms with Gasteiger partial charge < -0.3 is 15.5 Å². The number of phenols is 2. The molecule has 0 aliphatic heterocycles. The lowest BCUT2D eigenvalue weighted by atomic mass is 9.83. The monoisotopic (exact) mass is 283 g/mol. The third kappa shape index (κ3) is 1.78. The summed E-state index contributed by atoms with van der Waals surface area (Å²) in [6.07, 6.45) is 0. The molecular weight excluding hydrogens is 270 g/mol. The molecule has 0 heterocycles. The molecule has 0 saturated heterocycles. The second-order valence-electron chi connectivity index (χ2n) is 4.78. The number of anilines is 1. The summed E-state index contributed by atoms with van der Waals surface area (Å²) in [4.78, 5) is 25.0. The highest BCUT2D eigenvalue weighted by molar-refractivity contribution is 6.29. The SMILES string of the molecule is CCNc1cc2c(c(O)c1O)C(=O)c1ccccc1C2=O. The van der Waals surface area contributed by atoms with Crippen LogP contribution < -0.4 is 5.32 Å². The molecule has 0 fully saturated rings. The number of nitrogens with one attached hydrogen (secondary N) is 1. The van der Waals surface area contributed by atoms with E-state index in [2.05, 4.69) is 5.32 Å². The van der Waals surface area contributed by atoms with E-state index in [0.29, 0.717) is 12.1 Å². The van der Waals surface area contributed by atoms with E-state index in [1.807, 2.05) is 6.92 Å². The first-order chi connectivity index (χ1) is 10.1. The lowest BCUT2D eigenvalue weighted by Gasteiger charge is -2.20. The van der Waals surface area contributed by atoms with Crippen LogP contribution >= 0.6 is 0 Å². The van der Waals surface area contributed by atoms with Crippen molar-refractivity contribution in [3.63, 3.8) is 0 Å². The van der Waals surface area contributed by atoms with Gasteiger partial charge in [0.15, 0.2) is 23.1 Å². The van der Waals surface area contributed by atoms with Gasteiger partial charge >= 0.3 is 0 Å².